The Morgan fingerprint density at radius 3 is 2.30 bits per heavy atom. The van der Waals surface area contributed by atoms with Crippen molar-refractivity contribution in [2.24, 2.45) is 0 Å². The van der Waals surface area contributed by atoms with Crippen LogP contribution in [-0.2, 0) is 25.8 Å². The molecule has 2 amide bonds. The second kappa shape index (κ2) is 9.81. The molecule has 0 radical (unpaired) electrons. The van der Waals surface area contributed by atoms with Crippen LogP contribution in [0, 0.1) is 0 Å². The van der Waals surface area contributed by atoms with Gasteiger partial charge >= 0.3 is 6.09 Å². The first-order valence-electron chi connectivity index (χ1n) is 10.4. The number of carbonyl (C=O) groups excluding carboxylic acids is 2. The number of benzene rings is 1. The predicted octanol–water partition coefficient (Wildman–Crippen LogP) is 3.19. The molecule has 0 saturated carbocycles. The van der Waals surface area contributed by atoms with Crippen LogP contribution in [0.2, 0.25) is 0 Å². The highest BCUT2D eigenvalue weighted by Gasteiger charge is 2.35. The van der Waals surface area contributed by atoms with Gasteiger partial charge in [0.05, 0.1) is 11.8 Å². The van der Waals surface area contributed by atoms with Gasteiger partial charge < -0.3 is 14.5 Å². The number of sulfone groups is 1. The third-order valence-corrected chi connectivity index (χ3v) is 6.06. The number of nitrogens with zero attached hydrogens (tertiary/aromatic N) is 2. The Kier molecular flexibility index (Phi) is 7.91. The van der Waals surface area contributed by atoms with Gasteiger partial charge in [-0.2, -0.15) is 0 Å². The van der Waals surface area contributed by atoms with Gasteiger partial charge in [-0.25, -0.2) is 13.2 Å². The monoisotopic (exact) mass is 438 g/mol. The summed E-state index contributed by atoms with van der Waals surface area (Å²) in [6.07, 6.45) is 2.18. The number of amides is 2. The molecule has 0 N–H and O–H groups in total. The Hall–Kier alpha value is -2.09. The molecule has 1 atom stereocenters. The van der Waals surface area contributed by atoms with E-state index in [1.165, 1.54) is 11.8 Å². The molecule has 1 aliphatic rings. The molecule has 1 aromatic rings. The first-order valence-corrected chi connectivity index (χ1v) is 12.5. The van der Waals surface area contributed by atoms with Crippen molar-refractivity contribution in [1.82, 2.24) is 9.80 Å². The van der Waals surface area contributed by atoms with Crippen LogP contribution in [0.25, 0.3) is 0 Å². The van der Waals surface area contributed by atoms with Gasteiger partial charge in [-0.05, 0) is 44.7 Å². The van der Waals surface area contributed by atoms with Gasteiger partial charge in [0, 0.05) is 32.3 Å². The first kappa shape index (κ1) is 24.2. The van der Waals surface area contributed by atoms with E-state index >= 15 is 0 Å². The summed E-state index contributed by atoms with van der Waals surface area (Å²) in [5, 5.41) is 0. The largest absolute Gasteiger partial charge is 0.444 e. The van der Waals surface area contributed by atoms with E-state index in [1.54, 1.807) is 9.80 Å². The highest BCUT2D eigenvalue weighted by atomic mass is 32.2. The lowest BCUT2D eigenvalue weighted by Crippen LogP contribution is -2.53. The molecule has 0 unspecified atom stereocenters. The third-order valence-electron chi connectivity index (χ3n) is 5.03. The average molecular weight is 439 g/mol. The standard InChI is InChI=1S/C22H34N2O5S/c1-6-17-9-11-18(12-10-17)19-16-23(21(26)29-22(2,3)4)13-14-24(19)20(25)8-7-15-30(5,27)28/h9-12,19H,6-8,13-16H2,1-5H3/t19-/m1/s1. The first-order chi connectivity index (χ1) is 13.9. The minimum Gasteiger partial charge on any atom is -0.444 e. The summed E-state index contributed by atoms with van der Waals surface area (Å²) < 4.78 is 28.3. The number of hydrogen-bond acceptors (Lipinski definition) is 5. The third kappa shape index (κ3) is 7.31. The molecule has 0 spiro atoms. The van der Waals surface area contributed by atoms with Crippen molar-refractivity contribution < 1.29 is 22.7 Å². The van der Waals surface area contributed by atoms with Crippen LogP contribution in [0.3, 0.4) is 0 Å². The van der Waals surface area contributed by atoms with E-state index in [1.807, 2.05) is 45.0 Å². The van der Waals surface area contributed by atoms with E-state index in [2.05, 4.69) is 6.92 Å². The fourth-order valence-electron chi connectivity index (χ4n) is 3.46. The molecule has 1 saturated heterocycles. The molecule has 0 aromatic heterocycles. The zero-order chi connectivity index (χ0) is 22.5. The van der Waals surface area contributed by atoms with E-state index < -0.39 is 15.4 Å². The Morgan fingerprint density at radius 2 is 1.77 bits per heavy atom. The van der Waals surface area contributed by atoms with Gasteiger partial charge in [-0.3, -0.25) is 4.79 Å². The Bertz CT molecular complexity index is 843. The van der Waals surface area contributed by atoms with Crippen LogP contribution in [-0.4, -0.2) is 67.5 Å². The molecule has 1 heterocycles. The van der Waals surface area contributed by atoms with Crippen molar-refractivity contribution in [3.63, 3.8) is 0 Å². The van der Waals surface area contributed by atoms with Gasteiger partial charge in [0.2, 0.25) is 5.91 Å². The number of hydrogen-bond donors (Lipinski definition) is 0. The number of rotatable bonds is 6. The second-order valence-electron chi connectivity index (χ2n) is 8.86. The summed E-state index contributed by atoms with van der Waals surface area (Å²) in [5.74, 6) is -0.0982. The fourth-order valence-corrected chi connectivity index (χ4v) is 4.13. The Balaban J connectivity index is 2.18. The zero-order valence-corrected chi connectivity index (χ0v) is 19.5. The van der Waals surface area contributed by atoms with Crippen molar-refractivity contribution in [1.29, 1.82) is 0 Å². The maximum atomic E-state index is 12.9. The van der Waals surface area contributed by atoms with Crippen LogP contribution in [0.1, 0.15) is 57.7 Å². The van der Waals surface area contributed by atoms with Crippen molar-refractivity contribution >= 4 is 21.8 Å². The molecule has 1 aromatic carbocycles. The molecular formula is C22H34N2O5S. The predicted molar refractivity (Wildman–Crippen MR) is 117 cm³/mol. The van der Waals surface area contributed by atoms with Gasteiger partial charge in [0.1, 0.15) is 15.4 Å². The van der Waals surface area contributed by atoms with Crippen LogP contribution in [0.4, 0.5) is 4.79 Å². The van der Waals surface area contributed by atoms with Gasteiger partial charge in [0.15, 0.2) is 0 Å². The summed E-state index contributed by atoms with van der Waals surface area (Å²) in [6, 6.07) is 7.78. The van der Waals surface area contributed by atoms with Crippen LogP contribution in [0.5, 0.6) is 0 Å². The molecule has 1 aliphatic heterocycles. The number of ether oxygens (including phenoxy) is 1. The zero-order valence-electron chi connectivity index (χ0n) is 18.7. The molecule has 168 valence electrons. The smallest absolute Gasteiger partial charge is 0.410 e. The van der Waals surface area contributed by atoms with Crippen LogP contribution >= 0.6 is 0 Å². The normalized spacial score (nSPS) is 17.7. The van der Waals surface area contributed by atoms with Crippen LogP contribution in [0.15, 0.2) is 24.3 Å². The molecule has 2 rings (SSSR count). The molecular weight excluding hydrogens is 404 g/mol. The van der Waals surface area contributed by atoms with E-state index in [0.717, 1.165) is 12.0 Å². The summed E-state index contributed by atoms with van der Waals surface area (Å²) in [6.45, 7) is 8.68. The van der Waals surface area contributed by atoms with Crippen molar-refractivity contribution in [3.05, 3.63) is 35.4 Å². The minimum atomic E-state index is -3.10. The molecule has 1 fully saturated rings. The lowest BCUT2D eigenvalue weighted by atomic mass is 9.99. The topological polar surface area (TPSA) is 84.0 Å². The molecule has 0 aliphatic carbocycles. The Morgan fingerprint density at radius 1 is 1.13 bits per heavy atom. The van der Waals surface area contributed by atoms with Gasteiger partial charge in [-0.15, -0.1) is 0 Å². The summed E-state index contributed by atoms with van der Waals surface area (Å²) in [4.78, 5) is 28.9. The lowest BCUT2D eigenvalue weighted by molar-refractivity contribution is -0.136. The maximum Gasteiger partial charge on any atom is 0.410 e. The summed E-state index contributed by atoms with van der Waals surface area (Å²) in [7, 11) is -3.10. The fraction of sp³-hybridized carbons (Fsp3) is 0.636. The summed E-state index contributed by atoms with van der Waals surface area (Å²) >= 11 is 0. The van der Waals surface area contributed by atoms with E-state index in [9.17, 15) is 18.0 Å². The molecule has 30 heavy (non-hydrogen) atoms. The lowest BCUT2D eigenvalue weighted by Gasteiger charge is -2.42. The SMILES string of the molecule is CCc1ccc([C@H]2CN(C(=O)OC(C)(C)C)CCN2C(=O)CCCS(C)(=O)=O)cc1. The van der Waals surface area contributed by atoms with E-state index in [4.69, 9.17) is 4.74 Å². The number of piperazine rings is 1. The highest BCUT2D eigenvalue weighted by Crippen LogP contribution is 2.28. The average Bonchev–Trinajstić information content (AvgIpc) is 2.65. The van der Waals surface area contributed by atoms with Crippen LogP contribution < -0.4 is 0 Å². The van der Waals surface area contributed by atoms with Gasteiger partial charge in [0.25, 0.3) is 0 Å². The van der Waals surface area contributed by atoms with Crippen molar-refractivity contribution in [2.75, 3.05) is 31.6 Å². The number of carbonyl (C=O) groups is 2. The summed E-state index contributed by atoms with van der Waals surface area (Å²) in [5.41, 5.74) is 1.56. The highest BCUT2D eigenvalue weighted by molar-refractivity contribution is 7.90. The van der Waals surface area contributed by atoms with Gasteiger partial charge in [-0.1, -0.05) is 31.2 Å². The van der Waals surface area contributed by atoms with E-state index in [0.29, 0.717) is 26.1 Å². The van der Waals surface area contributed by atoms with E-state index in [-0.39, 0.29) is 30.2 Å². The second-order valence-corrected chi connectivity index (χ2v) is 11.1. The minimum absolute atomic E-state index is 0.00746. The maximum absolute atomic E-state index is 12.9. The Labute approximate surface area is 180 Å². The van der Waals surface area contributed by atoms with Crippen molar-refractivity contribution in [3.8, 4) is 0 Å². The molecule has 0 bridgehead atoms. The molecule has 7 nitrogen and oxygen atoms in total. The van der Waals surface area contributed by atoms with Crippen molar-refractivity contribution in [2.45, 2.75) is 58.6 Å². The number of aryl methyl sites for hydroxylation is 1. The molecule has 8 heteroatoms. The quantitative estimate of drug-likeness (QED) is 0.681.